The number of hydrogen-bond acceptors (Lipinski definition) is 3. The van der Waals surface area contributed by atoms with Crippen molar-refractivity contribution in [1.29, 1.82) is 0 Å². The third-order valence-electron chi connectivity index (χ3n) is 3.14. The summed E-state index contributed by atoms with van der Waals surface area (Å²) in [4.78, 5) is 13.0. The summed E-state index contributed by atoms with van der Waals surface area (Å²) in [5, 5.41) is 1.06. The predicted octanol–water partition coefficient (Wildman–Crippen LogP) is 2.24. The quantitative estimate of drug-likeness (QED) is 0.928. The highest BCUT2D eigenvalue weighted by molar-refractivity contribution is 6.42. The zero-order chi connectivity index (χ0) is 13.8. The van der Waals surface area contributed by atoms with Crippen molar-refractivity contribution >= 4 is 29.1 Å². The Bertz CT molecular complexity index is 468. The van der Waals surface area contributed by atoms with Gasteiger partial charge in [0.05, 0.1) is 22.8 Å². The molecule has 1 atom stereocenters. The predicted molar refractivity (Wildman–Crippen MR) is 75.4 cm³/mol. The van der Waals surface area contributed by atoms with Gasteiger partial charge in [0.2, 0.25) is 5.91 Å². The number of hydrogen-bond donors (Lipinski definition) is 1. The largest absolute Gasteiger partial charge is 0.371 e. The van der Waals surface area contributed by atoms with Crippen LogP contribution < -0.4 is 5.73 Å². The van der Waals surface area contributed by atoms with E-state index >= 15 is 0 Å². The number of nitrogens with two attached hydrogens (primary N) is 1. The van der Waals surface area contributed by atoms with Gasteiger partial charge in [-0.3, -0.25) is 9.69 Å². The average molecular weight is 303 g/mol. The monoisotopic (exact) mass is 302 g/mol. The standard InChI is InChI=1S/C13H16Cl2N2O2/c14-10-2-1-9(7-11(10)15)12-8-17(5-6-19-12)4-3-13(16)18/h1-2,7,12H,3-6,8H2,(H2,16,18). The lowest BCUT2D eigenvalue weighted by molar-refractivity contribution is -0.118. The van der Waals surface area contributed by atoms with E-state index in [2.05, 4.69) is 4.90 Å². The van der Waals surface area contributed by atoms with Crippen LogP contribution in [-0.2, 0) is 9.53 Å². The molecule has 1 amide bonds. The molecule has 4 nitrogen and oxygen atoms in total. The van der Waals surface area contributed by atoms with Crippen LogP contribution in [0.5, 0.6) is 0 Å². The molecule has 1 unspecified atom stereocenters. The van der Waals surface area contributed by atoms with Gasteiger partial charge in [0.15, 0.2) is 0 Å². The first kappa shape index (κ1) is 14.6. The number of rotatable bonds is 4. The minimum atomic E-state index is -0.280. The maximum Gasteiger partial charge on any atom is 0.218 e. The molecule has 104 valence electrons. The van der Waals surface area contributed by atoms with Gasteiger partial charge in [-0.25, -0.2) is 0 Å². The first-order chi connectivity index (χ1) is 9.06. The molecule has 1 aliphatic rings. The normalized spacial score (nSPS) is 20.4. The number of carbonyl (C=O) groups is 1. The molecule has 2 N–H and O–H groups in total. The fraction of sp³-hybridized carbons (Fsp3) is 0.462. The molecule has 0 spiro atoms. The van der Waals surface area contributed by atoms with Crippen molar-refractivity contribution in [3.05, 3.63) is 33.8 Å². The second-order valence-corrected chi connectivity index (χ2v) is 5.36. The zero-order valence-corrected chi connectivity index (χ0v) is 12.0. The van der Waals surface area contributed by atoms with Gasteiger partial charge in [-0.1, -0.05) is 29.3 Å². The van der Waals surface area contributed by atoms with E-state index in [1.165, 1.54) is 0 Å². The maximum atomic E-state index is 10.8. The Kier molecular flexibility index (Phi) is 5.05. The zero-order valence-electron chi connectivity index (χ0n) is 10.4. The van der Waals surface area contributed by atoms with Gasteiger partial charge in [0.1, 0.15) is 0 Å². The molecule has 1 heterocycles. The number of carbonyl (C=O) groups excluding carboxylic acids is 1. The first-order valence-corrected chi connectivity index (χ1v) is 6.89. The third kappa shape index (κ3) is 4.08. The van der Waals surface area contributed by atoms with Gasteiger partial charge in [-0.2, -0.15) is 0 Å². The van der Waals surface area contributed by atoms with Crippen LogP contribution in [0.15, 0.2) is 18.2 Å². The second kappa shape index (κ2) is 6.57. The van der Waals surface area contributed by atoms with Crippen molar-refractivity contribution in [2.75, 3.05) is 26.2 Å². The summed E-state index contributed by atoms with van der Waals surface area (Å²) in [6.07, 6.45) is 0.324. The van der Waals surface area contributed by atoms with Crippen LogP contribution >= 0.6 is 23.2 Å². The van der Waals surface area contributed by atoms with Crippen molar-refractivity contribution in [3.8, 4) is 0 Å². The van der Waals surface area contributed by atoms with Crippen LogP contribution in [0.4, 0.5) is 0 Å². The lowest BCUT2D eigenvalue weighted by Crippen LogP contribution is -2.39. The van der Waals surface area contributed by atoms with E-state index < -0.39 is 0 Å². The van der Waals surface area contributed by atoms with E-state index in [1.54, 1.807) is 6.07 Å². The Morgan fingerprint density at radius 2 is 2.21 bits per heavy atom. The van der Waals surface area contributed by atoms with E-state index in [9.17, 15) is 4.79 Å². The Morgan fingerprint density at radius 1 is 1.42 bits per heavy atom. The van der Waals surface area contributed by atoms with Crippen molar-refractivity contribution < 1.29 is 9.53 Å². The number of nitrogens with zero attached hydrogens (tertiary/aromatic N) is 1. The van der Waals surface area contributed by atoms with Gasteiger partial charge in [-0.05, 0) is 17.7 Å². The van der Waals surface area contributed by atoms with Gasteiger partial charge in [0, 0.05) is 26.1 Å². The van der Waals surface area contributed by atoms with Crippen LogP contribution in [0.3, 0.4) is 0 Å². The summed E-state index contributed by atoms with van der Waals surface area (Å²) in [5.74, 6) is -0.280. The molecule has 0 radical (unpaired) electrons. The molecule has 6 heteroatoms. The molecule has 0 saturated carbocycles. The third-order valence-corrected chi connectivity index (χ3v) is 3.88. The summed E-state index contributed by atoms with van der Waals surface area (Å²) in [5.41, 5.74) is 6.16. The van der Waals surface area contributed by atoms with Crippen LogP contribution in [0.1, 0.15) is 18.1 Å². The number of amides is 1. The maximum absolute atomic E-state index is 10.8. The molecule has 1 aromatic carbocycles. The van der Waals surface area contributed by atoms with E-state index in [-0.39, 0.29) is 12.0 Å². The van der Waals surface area contributed by atoms with E-state index in [0.717, 1.165) is 18.7 Å². The topological polar surface area (TPSA) is 55.6 Å². The molecule has 0 aliphatic carbocycles. The summed E-state index contributed by atoms with van der Waals surface area (Å²) < 4.78 is 5.74. The second-order valence-electron chi connectivity index (χ2n) is 4.55. The first-order valence-electron chi connectivity index (χ1n) is 6.13. The van der Waals surface area contributed by atoms with Crippen LogP contribution in [-0.4, -0.2) is 37.0 Å². The van der Waals surface area contributed by atoms with E-state index in [1.807, 2.05) is 12.1 Å². The van der Waals surface area contributed by atoms with Crippen LogP contribution in [0.25, 0.3) is 0 Å². The SMILES string of the molecule is NC(=O)CCN1CCOC(c2ccc(Cl)c(Cl)c2)C1. The highest BCUT2D eigenvalue weighted by Crippen LogP contribution is 2.28. The molecular formula is C13H16Cl2N2O2. The average Bonchev–Trinajstić information content (AvgIpc) is 2.40. The molecule has 0 aromatic heterocycles. The highest BCUT2D eigenvalue weighted by atomic mass is 35.5. The summed E-state index contributed by atoms with van der Waals surface area (Å²) >= 11 is 11.9. The van der Waals surface area contributed by atoms with Gasteiger partial charge in [0.25, 0.3) is 0 Å². The van der Waals surface area contributed by atoms with E-state index in [0.29, 0.717) is 29.6 Å². The summed E-state index contributed by atoms with van der Waals surface area (Å²) in [6, 6.07) is 5.51. The van der Waals surface area contributed by atoms with Gasteiger partial charge >= 0.3 is 0 Å². The Labute approximate surface area is 122 Å². The molecule has 1 saturated heterocycles. The summed E-state index contributed by atoms with van der Waals surface area (Å²) in [6.45, 7) is 2.83. The smallest absolute Gasteiger partial charge is 0.218 e. The Balaban J connectivity index is 2.00. The number of ether oxygens (including phenoxy) is 1. The van der Waals surface area contributed by atoms with Crippen molar-refractivity contribution in [2.45, 2.75) is 12.5 Å². The number of primary amides is 1. The van der Waals surface area contributed by atoms with Gasteiger partial charge in [-0.15, -0.1) is 0 Å². The minimum Gasteiger partial charge on any atom is -0.371 e. The van der Waals surface area contributed by atoms with Gasteiger partial charge < -0.3 is 10.5 Å². The van der Waals surface area contributed by atoms with Crippen LogP contribution in [0, 0.1) is 0 Å². The van der Waals surface area contributed by atoms with Crippen molar-refractivity contribution in [3.63, 3.8) is 0 Å². The van der Waals surface area contributed by atoms with Crippen molar-refractivity contribution in [2.24, 2.45) is 5.73 Å². The molecule has 1 fully saturated rings. The number of halogens is 2. The van der Waals surface area contributed by atoms with E-state index in [4.69, 9.17) is 33.7 Å². The lowest BCUT2D eigenvalue weighted by atomic mass is 10.1. The van der Waals surface area contributed by atoms with Crippen LogP contribution in [0.2, 0.25) is 10.0 Å². The fourth-order valence-electron chi connectivity index (χ4n) is 2.09. The minimum absolute atomic E-state index is 0.0450. The molecule has 1 aromatic rings. The molecule has 0 bridgehead atoms. The molecule has 2 rings (SSSR count). The molecule has 1 aliphatic heterocycles. The Morgan fingerprint density at radius 3 is 2.89 bits per heavy atom. The summed E-state index contributed by atoms with van der Waals surface area (Å²) in [7, 11) is 0. The lowest BCUT2D eigenvalue weighted by Gasteiger charge is -2.33. The number of benzene rings is 1. The Hall–Kier alpha value is -0.810. The van der Waals surface area contributed by atoms with Crippen molar-refractivity contribution in [1.82, 2.24) is 4.90 Å². The molecular weight excluding hydrogens is 287 g/mol. The highest BCUT2D eigenvalue weighted by Gasteiger charge is 2.22. The fourth-order valence-corrected chi connectivity index (χ4v) is 2.39. The molecule has 19 heavy (non-hydrogen) atoms. The number of morpholine rings is 1.